The second-order valence-corrected chi connectivity index (χ2v) is 5.00. The summed E-state index contributed by atoms with van der Waals surface area (Å²) in [6.07, 6.45) is 0.877. The van der Waals surface area contributed by atoms with E-state index < -0.39 is 5.97 Å². The minimum atomic E-state index is -0.763. The highest BCUT2D eigenvalue weighted by Crippen LogP contribution is 2.33. The molecule has 0 aromatic heterocycles. The molecule has 0 saturated heterocycles. The average molecular weight is 197 g/mol. The normalized spacial score (nSPS) is 20.0. The van der Waals surface area contributed by atoms with Gasteiger partial charge >= 0.3 is 5.97 Å². The van der Waals surface area contributed by atoms with Crippen molar-refractivity contribution in [3.8, 4) is 0 Å². The molecule has 0 spiro atoms. The predicted octanol–water partition coefficient (Wildman–Crippen LogP) is 1.75. The van der Waals surface area contributed by atoms with Crippen LogP contribution in [0.1, 0.15) is 27.2 Å². The summed E-state index contributed by atoms with van der Waals surface area (Å²) < 4.78 is 0. The van der Waals surface area contributed by atoms with E-state index >= 15 is 0 Å². The van der Waals surface area contributed by atoms with E-state index in [-0.39, 0.29) is 5.41 Å². The number of nitrogens with zero attached hydrogens (tertiary/aromatic N) is 1. The van der Waals surface area contributed by atoms with Gasteiger partial charge in [0.15, 0.2) is 0 Å². The summed E-state index contributed by atoms with van der Waals surface area (Å²) in [5.41, 5.74) is 1.67. The van der Waals surface area contributed by atoms with E-state index in [0.717, 1.165) is 18.5 Å². The third kappa shape index (κ3) is 2.35. The molecule has 0 aromatic carbocycles. The average Bonchev–Trinajstić information content (AvgIpc) is 2.01. The molecule has 3 heteroatoms. The second-order valence-electron chi connectivity index (χ2n) is 5.00. The van der Waals surface area contributed by atoms with Crippen molar-refractivity contribution < 1.29 is 9.90 Å². The minimum Gasteiger partial charge on any atom is -0.478 e. The van der Waals surface area contributed by atoms with E-state index in [1.165, 1.54) is 0 Å². The number of aliphatic carboxylic acids is 1. The summed E-state index contributed by atoms with van der Waals surface area (Å²) in [6, 6.07) is 0. The Bertz CT molecular complexity index is 274. The molecule has 1 heterocycles. The molecule has 0 amide bonds. The van der Waals surface area contributed by atoms with Crippen molar-refractivity contribution in [2.24, 2.45) is 5.41 Å². The molecule has 0 saturated carbocycles. The summed E-state index contributed by atoms with van der Waals surface area (Å²) in [5.74, 6) is -0.763. The van der Waals surface area contributed by atoms with E-state index in [9.17, 15) is 4.79 Å². The minimum absolute atomic E-state index is 0.0189. The smallest absolute Gasteiger partial charge is 0.332 e. The molecule has 1 aliphatic rings. The molecule has 0 aliphatic carbocycles. The Morgan fingerprint density at radius 3 is 2.43 bits per heavy atom. The first-order valence-electron chi connectivity index (χ1n) is 4.96. The number of hydrogen-bond donors (Lipinski definition) is 1. The summed E-state index contributed by atoms with van der Waals surface area (Å²) >= 11 is 0. The Morgan fingerprint density at radius 2 is 2.00 bits per heavy atom. The molecule has 0 atom stereocenters. The van der Waals surface area contributed by atoms with Crippen molar-refractivity contribution in [3.05, 3.63) is 11.1 Å². The van der Waals surface area contributed by atoms with Crippen LogP contribution >= 0.6 is 0 Å². The first kappa shape index (κ1) is 11.2. The van der Waals surface area contributed by atoms with Crippen molar-refractivity contribution in [3.63, 3.8) is 0 Å². The lowest BCUT2D eigenvalue weighted by Crippen LogP contribution is -2.34. The Labute approximate surface area is 85.4 Å². The lowest BCUT2D eigenvalue weighted by molar-refractivity contribution is -0.133. The Morgan fingerprint density at radius 1 is 1.43 bits per heavy atom. The van der Waals surface area contributed by atoms with Gasteiger partial charge < -0.3 is 10.0 Å². The predicted molar refractivity (Wildman–Crippen MR) is 56.2 cm³/mol. The second kappa shape index (κ2) is 3.73. The van der Waals surface area contributed by atoms with Crippen molar-refractivity contribution in [1.82, 2.24) is 4.90 Å². The monoisotopic (exact) mass is 197 g/mol. The van der Waals surface area contributed by atoms with Crippen LogP contribution in [0.15, 0.2) is 11.1 Å². The molecular weight excluding hydrogens is 178 g/mol. The van der Waals surface area contributed by atoms with E-state index in [2.05, 4.69) is 25.7 Å². The van der Waals surface area contributed by atoms with Crippen molar-refractivity contribution in [2.45, 2.75) is 27.2 Å². The van der Waals surface area contributed by atoms with Crippen LogP contribution in [0.2, 0.25) is 0 Å². The van der Waals surface area contributed by atoms with Gasteiger partial charge in [-0.3, -0.25) is 0 Å². The van der Waals surface area contributed by atoms with E-state index in [1.54, 1.807) is 0 Å². The topological polar surface area (TPSA) is 40.5 Å². The van der Waals surface area contributed by atoms with Gasteiger partial charge in [-0.25, -0.2) is 4.79 Å². The summed E-state index contributed by atoms with van der Waals surface area (Å²) in [5, 5.41) is 9.11. The van der Waals surface area contributed by atoms with Crippen LogP contribution in [0.4, 0.5) is 0 Å². The summed E-state index contributed by atoms with van der Waals surface area (Å²) in [4.78, 5) is 13.1. The first-order valence-corrected chi connectivity index (χ1v) is 4.96. The fourth-order valence-corrected chi connectivity index (χ4v) is 1.92. The molecule has 14 heavy (non-hydrogen) atoms. The van der Waals surface area contributed by atoms with E-state index in [1.807, 2.05) is 7.05 Å². The number of carbonyl (C=O) groups is 1. The Balaban J connectivity index is 3.07. The van der Waals surface area contributed by atoms with Crippen LogP contribution in [0, 0.1) is 5.41 Å². The fourth-order valence-electron chi connectivity index (χ4n) is 1.92. The van der Waals surface area contributed by atoms with Crippen LogP contribution in [-0.4, -0.2) is 36.1 Å². The quantitative estimate of drug-likeness (QED) is 0.696. The van der Waals surface area contributed by atoms with Gasteiger partial charge in [-0.05, 0) is 18.9 Å². The zero-order valence-electron chi connectivity index (χ0n) is 9.42. The van der Waals surface area contributed by atoms with Crippen LogP contribution in [0.3, 0.4) is 0 Å². The number of carboxylic acids is 1. The van der Waals surface area contributed by atoms with Gasteiger partial charge in [0.05, 0.1) is 5.57 Å². The van der Waals surface area contributed by atoms with Gasteiger partial charge in [0.1, 0.15) is 0 Å². The molecular formula is C11H19NO2. The largest absolute Gasteiger partial charge is 0.478 e. The zero-order chi connectivity index (χ0) is 10.9. The number of hydrogen-bond acceptors (Lipinski definition) is 2. The zero-order valence-corrected chi connectivity index (χ0v) is 9.42. The van der Waals surface area contributed by atoms with Gasteiger partial charge in [-0.15, -0.1) is 0 Å². The van der Waals surface area contributed by atoms with Crippen molar-refractivity contribution in [1.29, 1.82) is 0 Å². The lowest BCUT2D eigenvalue weighted by Gasteiger charge is -2.32. The van der Waals surface area contributed by atoms with Crippen LogP contribution in [0.25, 0.3) is 0 Å². The van der Waals surface area contributed by atoms with Crippen LogP contribution < -0.4 is 0 Å². The molecule has 0 aromatic rings. The Hall–Kier alpha value is -0.830. The van der Waals surface area contributed by atoms with Crippen LogP contribution in [-0.2, 0) is 4.79 Å². The highest BCUT2D eigenvalue weighted by atomic mass is 16.4. The molecule has 0 unspecified atom stereocenters. The molecule has 3 nitrogen and oxygen atoms in total. The number of likely N-dealkylation sites (N-methyl/N-ethyl adjacent to an activating group) is 1. The standard InChI is InChI=1S/C11H19NO2/c1-11(2,3)9-5-6-12(4)7-8(9)10(13)14/h5-7H2,1-4H3,(H,13,14). The van der Waals surface area contributed by atoms with Gasteiger partial charge in [0.2, 0.25) is 0 Å². The first-order chi connectivity index (χ1) is 6.32. The number of rotatable bonds is 1. The highest BCUT2D eigenvalue weighted by molar-refractivity contribution is 5.88. The van der Waals surface area contributed by atoms with Crippen LogP contribution in [0.5, 0.6) is 0 Å². The van der Waals surface area contributed by atoms with Gasteiger partial charge in [-0.2, -0.15) is 0 Å². The fraction of sp³-hybridized carbons (Fsp3) is 0.727. The molecule has 1 N–H and O–H groups in total. The highest BCUT2D eigenvalue weighted by Gasteiger charge is 2.28. The van der Waals surface area contributed by atoms with Crippen molar-refractivity contribution >= 4 is 5.97 Å². The van der Waals surface area contributed by atoms with Gasteiger partial charge in [0.25, 0.3) is 0 Å². The lowest BCUT2D eigenvalue weighted by atomic mass is 9.79. The molecule has 0 fully saturated rings. The summed E-state index contributed by atoms with van der Waals surface area (Å²) in [7, 11) is 1.96. The molecule has 80 valence electrons. The third-order valence-corrected chi connectivity index (χ3v) is 2.70. The molecule has 1 aliphatic heterocycles. The van der Waals surface area contributed by atoms with Crippen molar-refractivity contribution in [2.75, 3.05) is 20.1 Å². The molecule has 0 radical (unpaired) electrons. The summed E-state index contributed by atoms with van der Waals surface area (Å²) in [6.45, 7) is 7.77. The van der Waals surface area contributed by atoms with E-state index in [4.69, 9.17) is 5.11 Å². The van der Waals surface area contributed by atoms with Gasteiger partial charge in [0, 0.05) is 13.1 Å². The maximum absolute atomic E-state index is 11.1. The molecule has 0 bridgehead atoms. The SMILES string of the molecule is CN1CCC(C(C)(C)C)=C(C(=O)O)C1. The Kier molecular flexibility index (Phi) is 3.00. The molecule has 1 rings (SSSR count). The maximum Gasteiger partial charge on any atom is 0.332 e. The third-order valence-electron chi connectivity index (χ3n) is 2.70. The van der Waals surface area contributed by atoms with Gasteiger partial charge in [-0.1, -0.05) is 26.3 Å². The van der Waals surface area contributed by atoms with E-state index in [0.29, 0.717) is 12.1 Å². The number of carboxylic acid groups (broad SMARTS) is 1. The maximum atomic E-state index is 11.1.